The minimum atomic E-state index is -0.312. The summed E-state index contributed by atoms with van der Waals surface area (Å²) in [6.07, 6.45) is 5.36. The van der Waals surface area contributed by atoms with Crippen molar-refractivity contribution < 1.29 is 19.0 Å². The molecule has 2 rings (SSSR count). The van der Waals surface area contributed by atoms with Crippen molar-refractivity contribution >= 4 is 5.97 Å². The van der Waals surface area contributed by atoms with E-state index in [4.69, 9.17) is 14.2 Å². The quantitative estimate of drug-likeness (QED) is 0.664. The Bertz CT molecular complexity index is 484. The van der Waals surface area contributed by atoms with E-state index in [1.807, 2.05) is 6.08 Å². The van der Waals surface area contributed by atoms with Crippen LogP contribution in [0.1, 0.15) is 12.8 Å². The first-order valence-electron chi connectivity index (χ1n) is 6.09. The molecule has 0 radical (unpaired) electrons. The molecular formula is C14H17NO4. The lowest BCUT2D eigenvalue weighted by atomic mass is 10.1. The molecule has 0 saturated carbocycles. The van der Waals surface area contributed by atoms with Crippen LogP contribution in [0.3, 0.4) is 0 Å². The number of carbonyl (C=O) groups is 1. The summed E-state index contributed by atoms with van der Waals surface area (Å²) in [6, 6.07) is 4.75. The fraction of sp³-hybridized carbons (Fsp3) is 0.357. The predicted octanol–water partition coefficient (Wildman–Crippen LogP) is 1.87. The van der Waals surface area contributed by atoms with E-state index in [0.29, 0.717) is 17.2 Å². The van der Waals surface area contributed by atoms with Gasteiger partial charge in [0.05, 0.1) is 14.2 Å². The van der Waals surface area contributed by atoms with E-state index in [2.05, 4.69) is 5.32 Å². The molecule has 0 amide bonds. The number of carbonyl (C=O) groups excluding carboxylic acids is 1. The fourth-order valence-electron chi connectivity index (χ4n) is 1.84. The molecule has 1 aromatic carbocycles. The van der Waals surface area contributed by atoms with E-state index in [9.17, 15) is 4.79 Å². The van der Waals surface area contributed by atoms with Crippen molar-refractivity contribution in [3.05, 3.63) is 30.5 Å². The monoisotopic (exact) mass is 263 g/mol. The van der Waals surface area contributed by atoms with Crippen LogP contribution in [0.4, 0.5) is 0 Å². The minimum Gasteiger partial charge on any atom is -0.497 e. The predicted molar refractivity (Wildman–Crippen MR) is 70.5 cm³/mol. The Morgan fingerprint density at radius 3 is 2.74 bits per heavy atom. The number of hydrogen-bond acceptors (Lipinski definition) is 5. The summed E-state index contributed by atoms with van der Waals surface area (Å²) >= 11 is 0. The molecule has 0 aliphatic carbocycles. The molecule has 1 aliphatic rings. The van der Waals surface area contributed by atoms with Gasteiger partial charge in [0.1, 0.15) is 11.8 Å². The lowest BCUT2D eigenvalue weighted by molar-refractivity contribution is -0.136. The highest BCUT2D eigenvalue weighted by Gasteiger charge is 2.21. The number of allylic oxidation sites excluding steroid dienone is 1. The molecular weight excluding hydrogens is 246 g/mol. The van der Waals surface area contributed by atoms with E-state index in [0.717, 1.165) is 12.8 Å². The third-order valence-corrected chi connectivity index (χ3v) is 2.90. The number of ether oxygens (including phenoxy) is 3. The Morgan fingerprint density at radius 2 is 2.11 bits per heavy atom. The number of rotatable bonds is 4. The lowest BCUT2D eigenvalue weighted by Crippen LogP contribution is -2.38. The highest BCUT2D eigenvalue weighted by molar-refractivity contribution is 5.79. The van der Waals surface area contributed by atoms with Gasteiger partial charge in [-0.3, -0.25) is 0 Å². The number of esters is 1. The van der Waals surface area contributed by atoms with Crippen molar-refractivity contribution in [3.63, 3.8) is 0 Å². The molecule has 0 fully saturated rings. The van der Waals surface area contributed by atoms with Crippen LogP contribution in [0, 0.1) is 0 Å². The van der Waals surface area contributed by atoms with Gasteiger partial charge in [-0.1, -0.05) is 6.08 Å². The largest absolute Gasteiger partial charge is 0.497 e. The average Bonchev–Trinajstić information content (AvgIpc) is 2.48. The van der Waals surface area contributed by atoms with Crippen LogP contribution >= 0.6 is 0 Å². The molecule has 1 aromatic rings. The molecule has 1 aliphatic heterocycles. The standard InChI is InChI=1S/C14H17NO4/c1-17-10-6-7-12(13(9-10)18-2)19-14(16)11-5-3-4-8-15-11/h4,6-9,11,15H,3,5H2,1-2H3. The molecule has 1 atom stereocenters. The number of benzene rings is 1. The normalized spacial score (nSPS) is 17.5. The molecule has 5 nitrogen and oxygen atoms in total. The SMILES string of the molecule is COc1ccc(OC(=O)C2CCC=CN2)c(OC)c1. The Kier molecular flexibility index (Phi) is 4.28. The third kappa shape index (κ3) is 3.19. The molecule has 0 aromatic heterocycles. The van der Waals surface area contributed by atoms with Gasteiger partial charge in [0.2, 0.25) is 0 Å². The van der Waals surface area contributed by atoms with E-state index in [1.165, 1.54) is 7.11 Å². The number of nitrogens with one attached hydrogen (secondary N) is 1. The van der Waals surface area contributed by atoms with Gasteiger partial charge in [-0.25, -0.2) is 4.79 Å². The van der Waals surface area contributed by atoms with E-state index in [-0.39, 0.29) is 12.0 Å². The zero-order valence-corrected chi connectivity index (χ0v) is 11.0. The summed E-state index contributed by atoms with van der Waals surface area (Å²) in [5, 5.41) is 2.98. The maximum Gasteiger partial charge on any atom is 0.334 e. The van der Waals surface area contributed by atoms with Crippen LogP contribution < -0.4 is 19.5 Å². The smallest absolute Gasteiger partial charge is 0.334 e. The van der Waals surface area contributed by atoms with Gasteiger partial charge in [0, 0.05) is 6.07 Å². The second-order valence-corrected chi connectivity index (χ2v) is 4.14. The highest BCUT2D eigenvalue weighted by Crippen LogP contribution is 2.31. The van der Waals surface area contributed by atoms with Crippen LogP contribution in [-0.4, -0.2) is 26.2 Å². The topological polar surface area (TPSA) is 56.8 Å². The van der Waals surface area contributed by atoms with Crippen molar-refractivity contribution in [1.82, 2.24) is 5.32 Å². The first-order valence-corrected chi connectivity index (χ1v) is 6.09. The number of hydrogen-bond donors (Lipinski definition) is 1. The molecule has 1 N–H and O–H groups in total. The molecule has 5 heteroatoms. The van der Waals surface area contributed by atoms with E-state index < -0.39 is 0 Å². The maximum atomic E-state index is 12.0. The molecule has 102 valence electrons. The first-order chi connectivity index (χ1) is 9.24. The molecule has 0 bridgehead atoms. The van der Waals surface area contributed by atoms with Crippen molar-refractivity contribution in [2.45, 2.75) is 18.9 Å². The molecule has 1 unspecified atom stereocenters. The Balaban J connectivity index is 2.09. The summed E-state index contributed by atoms with van der Waals surface area (Å²) in [4.78, 5) is 12.0. The first kappa shape index (κ1) is 13.3. The van der Waals surface area contributed by atoms with Gasteiger partial charge in [0.15, 0.2) is 11.5 Å². The summed E-state index contributed by atoms with van der Waals surface area (Å²) < 4.78 is 15.6. The Morgan fingerprint density at radius 1 is 1.26 bits per heavy atom. The third-order valence-electron chi connectivity index (χ3n) is 2.90. The second kappa shape index (κ2) is 6.13. The Hall–Kier alpha value is -2.17. The van der Waals surface area contributed by atoms with Gasteiger partial charge >= 0.3 is 5.97 Å². The van der Waals surface area contributed by atoms with Gasteiger partial charge in [-0.05, 0) is 31.2 Å². The lowest BCUT2D eigenvalue weighted by Gasteiger charge is -2.19. The Labute approximate surface area is 112 Å². The minimum absolute atomic E-state index is 0.309. The van der Waals surface area contributed by atoms with Gasteiger partial charge in [-0.2, -0.15) is 0 Å². The zero-order valence-electron chi connectivity index (χ0n) is 11.0. The molecule has 19 heavy (non-hydrogen) atoms. The van der Waals surface area contributed by atoms with Crippen LogP contribution in [0.15, 0.2) is 30.5 Å². The van der Waals surface area contributed by atoms with Crippen LogP contribution in [0.5, 0.6) is 17.2 Å². The second-order valence-electron chi connectivity index (χ2n) is 4.14. The summed E-state index contributed by atoms with van der Waals surface area (Å²) in [6.45, 7) is 0. The molecule has 0 saturated heterocycles. The zero-order chi connectivity index (χ0) is 13.7. The van der Waals surface area contributed by atoms with Gasteiger partial charge in [-0.15, -0.1) is 0 Å². The van der Waals surface area contributed by atoms with E-state index >= 15 is 0 Å². The molecule has 0 spiro atoms. The van der Waals surface area contributed by atoms with Gasteiger partial charge < -0.3 is 19.5 Å². The van der Waals surface area contributed by atoms with Crippen molar-refractivity contribution in [2.75, 3.05) is 14.2 Å². The summed E-state index contributed by atoms with van der Waals surface area (Å²) in [5.41, 5.74) is 0. The maximum absolute atomic E-state index is 12.0. The fourth-order valence-corrected chi connectivity index (χ4v) is 1.84. The summed E-state index contributed by atoms with van der Waals surface area (Å²) in [5.74, 6) is 1.20. The van der Waals surface area contributed by atoms with Gasteiger partial charge in [0.25, 0.3) is 0 Å². The van der Waals surface area contributed by atoms with Crippen LogP contribution in [-0.2, 0) is 4.79 Å². The average molecular weight is 263 g/mol. The van der Waals surface area contributed by atoms with Crippen molar-refractivity contribution in [1.29, 1.82) is 0 Å². The van der Waals surface area contributed by atoms with Crippen LogP contribution in [0.2, 0.25) is 0 Å². The summed E-state index contributed by atoms with van der Waals surface area (Å²) in [7, 11) is 3.09. The van der Waals surface area contributed by atoms with E-state index in [1.54, 1.807) is 31.5 Å². The number of methoxy groups -OCH3 is 2. The van der Waals surface area contributed by atoms with Crippen molar-refractivity contribution in [2.24, 2.45) is 0 Å². The highest BCUT2D eigenvalue weighted by atomic mass is 16.6. The van der Waals surface area contributed by atoms with Crippen molar-refractivity contribution in [3.8, 4) is 17.2 Å². The molecule has 1 heterocycles. The van der Waals surface area contributed by atoms with Crippen LogP contribution in [0.25, 0.3) is 0 Å².